The first kappa shape index (κ1) is 19.0. The summed E-state index contributed by atoms with van der Waals surface area (Å²) in [6, 6.07) is 20.2. The SMILES string of the molecule is CN(C)S(=O)(=O)c1ccc(COc2ccc(OCc3ccccc3)cc2)o1. The van der Waals surface area contributed by atoms with Crippen molar-refractivity contribution >= 4 is 10.0 Å². The lowest BCUT2D eigenvalue weighted by Gasteiger charge is -2.09. The van der Waals surface area contributed by atoms with Gasteiger partial charge in [-0.05, 0) is 42.0 Å². The van der Waals surface area contributed by atoms with E-state index in [1.807, 2.05) is 42.5 Å². The maximum Gasteiger partial charge on any atom is 0.275 e. The fraction of sp³-hybridized carbons (Fsp3) is 0.200. The minimum absolute atomic E-state index is 0.101. The lowest BCUT2D eigenvalue weighted by Crippen LogP contribution is -2.21. The molecule has 0 aliphatic heterocycles. The Bertz CT molecular complexity index is 963. The first-order valence-electron chi connectivity index (χ1n) is 8.36. The predicted molar refractivity (Wildman–Crippen MR) is 101 cm³/mol. The molecule has 0 bridgehead atoms. The van der Waals surface area contributed by atoms with Crippen molar-refractivity contribution in [3.8, 4) is 11.5 Å². The maximum absolute atomic E-state index is 12.0. The molecule has 0 amide bonds. The molecule has 0 atom stereocenters. The fourth-order valence-electron chi connectivity index (χ4n) is 2.28. The number of nitrogens with zero attached hydrogens (tertiary/aromatic N) is 1. The highest BCUT2D eigenvalue weighted by Crippen LogP contribution is 2.21. The van der Waals surface area contributed by atoms with E-state index < -0.39 is 10.0 Å². The van der Waals surface area contributed by atoms with E-state index in [2.05, 4.69) is 0 Å². The number of benzene rings is 2. The molecule has 2 aromatic carbocycles. The number of furan rings is 1. The Balaban J connectivity index is 1.54. The van der Waals surface area contributed by atoms with Crippen molar-refractivity contribution in [1.29, 1.82) is 0 Å². The molecule has 3 aromatic rings. The van der Waals surface area contributed by atoms with E-state index in [1.54, 1.807) is 18.2 Å². The molecule has 1 aromatic heterocycles. The van der Waals surface area contributed by atoms with Crippen LogP contribution >= 0.6 is 0 Å². The summed E-state index contributed by atoms with van der Waals surface area (Å²) >= 11 is 0. The molecule has 142 valence electrons. The Morgan fingerprint density at radius 1 is 0.815 bits per heavy atom. The van der Waals surface area contributed by atoms with Gasteiger partial charge in [0.15, 0.2) is 0 Å². The van der Waals surface area contributed by atoms with E-state index in [0.717, 1.165) is 15.6 Å². The summed E-state index contributed by atoms with van der Waals surface area (Å²) in [6.45, 7) is 0.629. The maximum atomic E-state index is 12.0. The van der Waals surface area contributed by atoms with E-state index in [0.29, 0.717) is 18.1 Å². The first-order valence-corrected chi connectivity index (χ1v) is 9.80. The topological polar surface area (TPSA) is 69.0 Å². The lowest BCUT2D eigenvalue weighted by atomic mass is 10.2. The smallest absolute Gasteiger partial charge is 0.275 e. The van der Waals surface area contributed by atoms with Gasteiger partial charge in [-0.25, -0.2) is 12.7 Å². The average molecular weight is 387 g/mol. The molecule has 0 fully saturated rings. The molecule has 1 heterocycles. The van der Waals surface area contributed by atoms with Crippen LogP contribution in [0.1, 0.15) is 11.3 Å². The van der Waals surface area contributed by atoms with Crippen LogP contribution in [0.3, 0.4) is 0 Å². The van der Waals surface area contributed by atoms with Crippen molar-refractivity contribution < 1.29 is 22.3 Å². The van der Waals surface area contributed by atoms with Gasteiger partial charge in [-0.15, -0.1) is 0 Å². The molecule has 0 unspecified atom stereocenters. The molecule has 27 heavy (non-hydrogen) atoms. The van der Waals surface area contributed by atoms with Gasteiger partial charge in [-0.3, -0.25) is 0 Å². The first-order chi connectivity index (χ1) is 12.9. The second-order valence-electron chi connectivity index (χ2n) is 6.04. The molecule has 0 N–H and O–H groups in total. The highest BCUT2D eigenvalue weighted by Gasteiger charge is 2.21. The zero-order chi connectivity index (χ0) is 19.3. The van der Waals surface area contributed by atoms with Gasteiger partial charge in [-0.2, -0.15) is 0 Å². The van der Waals surface area contributed by atoms with Crippen LogP contribution in [0.4, 0.5) is 0 Å². The molecule has 0 spiro atoms. The van der Waals surface area contributed by atoms with E-state index >= 15 is 0 Å². The van der Waals surface area contributed by atoms with Crippen molar-refractivity contribution in [2.75, 3.05) is 14.1 Å². The largest absolute Gasteiger partial charge is 0.489 e. The Hall–Kier alpha value is -2.77. The highest BCUT2D eigenvalue weighted by molar-refractivity contribution is 7.88. The molecule has 0 aliphatic carbocycles. The van der Waals surface area contributed by atoms with Crippen LogP contribution < -0.4 is 9.47 Å². The summed E-state index contributed by atoms with van der Waals surface area (Å²) in [5.74, 6) is 1.80. The van der Waals surface area contributed by atoms with E-state index in [-0.39, 0.29) is 11.7 Å². The van der Waals surface area contributed by atoms with E-state index in [1.165, 1.54) is 20.2 Å². The second-order valence-corrected chi connectivity index (χ2v) is 8.13. The van der Waals surface area contributed by atoms with Crippen LogP contribution in [0.15, 0.2) is 76.2 Å². The summed E-state index contributed by atoms with van der Waals surface area (Å²) in [5, 5.41) is -0.101. The average Bonchev–Trinajstić information content (AvgIpc) is 3.16. The Morgan fingerprint density at radius 2 is 1.41 bits per heavy atom. The van der Waals surface area contributed by atoms with E-state index in [9.17, 15) is 8.42 Å². The molecule has 6 nitrogen and oxygen atoms in total. The third kappa shape index (κ3) is 4.90. The van der Waals surface area contributed by atoms with Crippen molar-refractivity contribution in [3.63, 3.8) is 0 Å². The number of ether oxygens (including phenoxy) is 2. The lowest BCUT2D eigenvalue weighted by molar-refractivity contribution is 0.255. The van der Waals surface area contributed by atoms with Crippen LogP contribution in [-0.2, 0) is 23.2 Å². The monoisotopic (exact) mass is 387 g/mol. The molecule has 7 heteroatoms. The van der Waals surface area contributed by atoms with Crippen molar-refractivity contribution in [2.24, 2.45) is 0 Å². The van der Waals surface area contributed by atoms with Gasteiger partial charge in [0.2, 0.25) is 5.09 Å². The summed E-state index contributed by atoms with van der Waals surface area (Å²) in [6.07, 6.45) is 0. The third-order valence-corrected chi connectivity index (χ3v) is 5.51. The number of hydrogen-bond donors (Lipinski definition) is 0. The fourth-order valence-corrected chi connectivity index (χ4v) is 3.09. The van der Waals surface area contributed by atoms with Gasteiger partial charge < -0.3 is 13.9 Å². The minimum Gasteiger partial charge on any atom is -0.489 e. The minimum atomic E-state index is -3.58. The second kappa shape index (κ2) is 8.28. The molecule has 0 saturated heterocycles. The summed E-state index contributed by atoms with van der Waals surface area (Å²) in [5.41, 5.74) is 1.10. The van der Waals surface area contributed by atoms with E-state index in [4.69, 9.17) is 13.9 Å². The third-order valence-electron chi connectivity index (χ3n) is 3.83. The molecule has 0 radical (unpaired) electrons. The van der Waals surface area contributed by atoms with Gasteiger partial charge in [0.25, 0.3) is 10.0 Å². The van der Waals surface area contributed by atoms with Crippen LogP contribution in [0, 0.1) is 0 Å². The normalized spacial score (nSPS) is 11.5. The standard InChI is InChI=1S/C20H21NO5S/c1-21(2)27(22,23)20-13-12-19(26-20)15-25-18-10-8-17(9-11-18)24-14-16-6-4-3-5-7-16/h3-13H,14-15H2,1-2H3. The zero-order valence-electron chi connectivity index (χ0n) is 15.2. The number of sulfonamides is 1. The van der Waals surface area contributed by atoms with Gasteiger partial charge in [-0.1, -0.05) is 30.3 Å². The molecule has 0 aliphatic rings. The van der Waals surface area contributed by atoms with Crippen LogP contribution in [0.2, 0.25) is 0 Å². The van der Waals surface area contributed by atoms with Gasteiger partial charge >= 0.3 is 0 Å². The Morgan fingerprint density at radius 3 is 2.00 bits per heavy atom. The van der Waals surface area contributed by atoms with Crippen molar-refractivity contribution in [3.05, 3.63) is 78.1 Å². The summed E-state index contributed by atoms with van der Waals surface area (Å²) in [7, 11) is -0.672. The van der Waals surface area contributed by atoms with Crippen molar-refractivity contribution in [1.82, 2.24) is 4.31 Å². The van der Waals surface area contributed by atoms with Gasteiger partial charge in [0, 0.05) is 14.1 Å². The van der Waals surface area contributed by atoms with Crippen LogP contribution in [0.25, 0.3) is 0 Å². The molecular weight excluding hydrogens is 366 g/mol. The number of rotatable bonds is 8. The van der Waals surface area contributed by atoms with Crippen molar-refractivity contribution in [2.45, 2.75) is 18.3 Å². The molecule has 3 rings (SSSR count). The Kier molecular flexibility index (Phi) is 5.83. The molecular formula is C20H21NO5S. The Labute approximate surface area is 159 Å². The molecule has 0 saturated carbocycles. The highest BCUT2D eigenvalue weighted by atomic mass is 32.2. The van der Waals surface area contributed by atoms with Gasteiger partial charge in [0.1, 0.15) is 30.5 Å². The van der Waals surface area contributed by atoms with Gasteiger partial charge in [0.05, 0.1) is 0 Å². The number of hydrogen-bond acceptors (Lipinski definition) is 5. The quantitative estimate of drug-likeness (QED) is 0.590. The van der Waals surface area contributed by atoms with Crippen LogP contribution in [-0.4, -0.2) is 26.8 Å². The summed E-state index contributed by atoms with van der Waals surface area (Å²) in [4.78, 5) is 0. The summed E-state index contributed by atoms with van der Waals surface area (Å²) < 4.78 is 41.8. The zero-order valence-corrected chi connectivity index (χ0v) is 16.0. The van der Waals surface area contributed by atoms with Crippen LogP contribution in [0.5, 0.6) is 11.5 Å². The predicted octanol–water partition coefficient (Wildman–Crippen LogP) is 3.69.